The average Bonchev–Trinajstić information content (AvgIpc) is 2.30. The topological polar surface area (TPSA) is 73.0 Å². The molecule has 1 aromatic rings. The maximum atomic E-state index is 10.3. The number of aryl methyl sites for hydroxylation is 1. The number of rotatable bonds is 2. The number of nitro groups is 1. The second-order valence-electron chi connectivity index (χ2n) is 2.04. The normalized spacial score (nSPS) is 9.64. The summed E-state index contributed by atoms with van der Waals surface area (Å²) in [5.74, 6) is 0.289. The van der Waals surface area contributed by atoms with Gasteiger partial charge in [0, 0.05) is 14.1 Å². The monoisotopic (exact) mass is 156 g/mol. The summed E-state index contributed by atoms with van der Waals surface area (Å²) in [5.41, 5.74) is -0.00463. The molecule has 1 rings (SSSR count). The van der Waals surface area contributed by atoms with Gasteiger partial charge < -0.3 is 5.32 Å². The van der Waals surface area contributed by atoms with E-state index in [2.05, 4.69) is 10.4 Å². The number of aromatic nitrogens is 2. The molecule has 11 heavy (non-hydrogen) atoms. The lowest BCUT2D eigenvalue weighted by Gasteiger charge is -1.89. The van der Waals surface area contributed by atoms with Gasteiger partial charge in [0.2, 0.25) is 5.82 Å². The predicted octanol–water partition coefficient (Wildman–Crippen LogP) is 0.370. The van der Waals surface area contributed by atoms with Crippen LogP contribution in [0.25, 0.3) is 0 Å². The summed E-state index contributed by atoms with van der Waals surface area (Å²) >= 11 is 0. The van der Waals surface area contributed by atoms with Gasteiger partial charge in [-0.1, -0.05) is 0 Å². The van der Waals surface area contributed by atoms with Crippen molar-refractivity contribution in [2.24, 2.45) is 7.05 Å². The molecule has 0 atom stereocenters. The van der Waals surface area contributed by atoms with Gasteiger partial charge >= 0.3 is 5.69 Å². The maximum absolute atomic E-state index is 10.3. The zero-order chi connectivity index (χ0) is 8.43. The molecule has 0 aliphatic rings. The van der Waals surface area contributed by atoms with E-state index in [0.29, 0.717) is 0 Å². The van der Waals surface area contributed by atoms with Gasteiger partial charge in [0.25, 0.3) is 0 Å². The van der Waals surface area contributed by atoms with E-state index in [1.54, 1.807) is 14.1 Å². The Bertz CT molecular complexity index is 280. The Balaban J connectivity index is 3.12. The van der Waals surface area contributed by atoms with Crippen molar-refractivity contribution >= 4 is 11.5 Å². The number of hydrogen-bond donors (Lipinski definition) is 1. The van der Waals surface area contributed by atoms with Crippen molar-refractivity contribution < 1.29 is 4.92 Å². The molecule has 0 aliphatic carbocycles. The Morgan fingerprint density at radius 1 is 1.82 bits per heavy atom. The van der Waals surface area contributed by atoms with Crippen molar-refractivity contribution in [2.75, 3.05) is 12.4 Å². The van der Waals surface area contributed by atoms with Crippen molar-refractivity contribution in [3.8, 4) is 0 Å². The number of anilines is 1. The fourth-order valence-electron chi connectivity index (χ4n) is 0.788. The second-order valence-corrected chi connectivity index (χ2v) is 2.04. The first-order valence-electron chi connectivity index (χ1n) is 3.01. The molecule has 0 bridgehead atoms. The third kappa shape index (κ3) is 1.28. The number of nitrogens with one attached hydrogen (secondary N) is 1. The van der Waals surface area contributed by atoms with Crippen molar-refractivity contribution in [3.05, 3.63) is 16.3 Å². The minimum absolute atomic E-state index is 0.00463. The summed E-state index contributed by atoms with van der Waals surface area (Å²) in [6, 6.07) is 0. The van der Waals surface area contributed by atoms with Gasteiger partial charge in [0.05, 0.1) is 4.92 Å². The van der Waals surface area contributed by atoms with Gasteiger partial charge in [-0.2, -0.15) is 0 Å². The smallest absolute Gasteiger partial charge is 0.330 e. The Labute approximate surface area is 63.0 Å². The van der Waals surface area contributed by atoms with Crippen LogP contribution in [0, 0.1) is 10.1 Å². The first-order valence-corrected chi connectivity index (χ1v) is 3.01. The lowest BCUT2D eigenvalue weighted by molar-refractivity contribution is -0.384. The predicted molar refractivity (Wildman–Crippen MR) is 39.4 cm³/mol. The van der Waals surface area contributed by atoms with Crippen LogP contribution in [0.1, 0.15) is 0 Å². The van der Waals surface area contributed by atoms with Crippen LogP contribution in [0.2, 0.25) is 0 Å². The first kappa shape index (κ1) is 7.52. The van der Waals surface area contributed by atoms with E-state index in [1.165, 1.54) is 10.9 Å². The third-order valence-electron chi connectivity index (χ3n) is 1.24. The fraction of sp³-hybridized carbons (Fsp3) is 0.400. The van der Waals surface area contributed by atoms with Crippen LogP contribution in [-0.2, 0) is 7.05 Å². The Morgan fingerprint density at radius 3 is 2.82 bits per heavy atom. The molecule has 0 aliphatic heterocycles. The van der Waals surface area contributed by atoms with Crippen molar-refractivity contribution in [3.63, 3.8) is 0 Å². The summed E-state index contributed by atoms with van der Waals surface area (Å²) in [5, 5.41) is 16.7. The van der Waals surface area contributed by atoms with Crippen LogP contribution in [0.15, 0.2) is 6.20 Å². The van der Waals surface area contributed by atoms with Crippen molar-refractivity contribution in [1.29, 1.82) is 0 Å². The molecule has 6 nitrogen and oxygen atoms in total. The van der Waals surface area contributed by atoms with Crippen molar-refractivity contribution in [1.82, 2.24) is 9.78 Å². The van der Waals surface area contributed by atoms with E-state index in [-0.39, 0.29) is 11.5 Å². The highest BCUT2D eigenvalue weighted by Gasteiger charge is 2.15. The third-order valence-corrected chi connectivity index (χ3v) is 1.24. The SMILES string of the molecule is CNc1nn(C)cc1[N+](=O)[O-]. The highest BCUT2D eigenvalue weighted by atomic mass is 16.6. The zero-order valence-electron chi connectivity index (χ0n) is 6.24. The van der Waals surface area contributed by atoms with Crippen LogP contribution < -0.4 is 5.32 Å². The standard InChI is InChI=1S/C5H8N4O2/c1-6-5-4(9(10)11)3-8(2)7-5/h3H,1-2H3,(H,6,7). The molecule has 0 aromatic carbocycles. The average molecular weight is 156 g/mol. The summed E-state index contributed by atoms with van der Waals surface area (Å²) in [4.78, 5) is 9.83. The molecule has 0 unspecified atom stereocenters. The summed E-state index contributed by atoms with van der Waals surface area (Å²) < 4.78 is 1.39. The van der Waals surface area contributed by atoms with E-state index < -0.39 is 4.92 Å². The minimum Gasteiger partial charge on any atom is -0.366 e. The van der Waals surface area contributed by atoms with E-state index in [9.17, 15) is 10.1 Å². The van der Waals surface area contributed by atoms with Crippen molar-refractivity contribution in [2.45, 2.75) is 0 Å². The van der Waals surface area contributed by atoms with E-state index in [1.807, 2.05) is 0 Å². The molecule has 1 heterocycles. The Hall–Kier alpha value is -1.59. The molecule has 0 amide bonds. The summed E-state index contributed by atoms with van der Waals surface area (Å²) in [7, 11) is 3.23. The van der Waals surface area contributed by atoms with Gasteiger partial charge in [-0.3, -0.25) is 14.8 Å². The number of hydrogen-bond acceptors (Lipinski definition) is 4. The minimum atomic E-state index is -0.473. The molecule has 0 spiro atoms. The molecule has 0 saturated heterocycles. The molecule has 0 fully saturated rings. The molecule has 6 heteroatoms. The van der Waals surface area contributed by atoms with Gasteiger partial charge in [-0.05, 0) is 0 Å². The first-order chi connectivity index (χ1) is 5.15. The highest BCUT2D eigenvalue weighted by molar-refractivity contribution is 5.53. The van der Waals surface area contributed by atoms with Crippen LogP contribution in [0.5, 0.6) is 0 Å². The second kappa shape index (κ2) is 2.57. The van der Waals surface area contributed by atoms with E-state index >= 15 is 0 Å². The quantitative estimate of drug-likeness (QED) is 0.496. The maximum Gasteiger partial charge on any atom is 0.330 e. The van der Waals surface area contributed by atoms with Gasteiger partial charge in [0.15, 0.2) is 0 Å². The largest absolute Gasteiger partial charge is 0.366 e. The molecule has 1 N–H and O–H groups in total. The molecule has 0 saturated carbocycles. The van der Waals surface area contributed by atoms with Gasteiger partial charge in [-0.25, -0.2) is 0 Å². The van der Waals surface area contributed by atoms with Crippen LogP contribution in [0.4, 0.5) is 11.5 Å². The molecule has 0 radical (unpaired) electrons. The van der Waals surface area contributed by atoms with Crippen LogP contribution in [-0.4, -0.2) is 21.8 Å². The van der Waals surface area contributed by atoms with Crippen LogP contribution >= 0.6 is 0 Å². The van der Waals surface area contributed by atoms with E-state index in [4.69, 9.17) is 0 Å². The summed E-state index contributed by atoms with van der Waals surface area (Å²) in [6.07, 6.45) is 1.35. The van der Waals surface area contributed by atoms with E-state index in [0.717, 1.165) is 0 Å². The van der Waals surface area contributed by atoms with Crippen LogP contribution in [0.3, 0.4) is 0 Å². The summed E-state index contributed by atoms with van der Waals surface area (Å²) in [6.45, 7) is 0. The lowest BCUT2D eigenvalue weighted by Crippen LogP contribution is -1.94. The molecule has 1 aromatic heterocycles. The highest BCUT2D eigenvalue weighted by Crippen LogP contribution is 2.19. The van der Waals surface area contributed by atoms with Gasteiger partial charge in [-0.15, -0.1) is 5.10 Å². The number of nitrogens with zero attached hydrogens (tertiary/aromatic N) is 3. The molecular weight excluding hydrogens is 148 g/mol. The zero-order valence-corrected chi connectivity index (χ0v) is 6.24. The molecular formula is C5H8N4O2. The van der Waals surface area contributed by atoms with Gasteiger partial charge in [0.1, 0.15) is 6.20 Å². The lowest BCUT2D eigenvalue weighted by atomic mass is 10.5. The molecule has 60 valence electrons. The Morgan fingerprint density at radius 2 is 2.45 bits per heavy atom. The fourth-order valence-corrected chi connectivity index (χ4v) is 0.788. The Kier molecular flexibility index (Phi) is 1.75.